The molecule has 0 spiro atoms. The molecule has 0 radical (unpaired) electrons. The second kappa shape index (κ2) is 25.8. The Morgan fingerprint density at radius 3 is 2.29 bits per heavy atom. The first-order chi connectivity index (χ1) is 33.2. The van der Waals surface area contributed by atoms with Crippen molar-refractivity contribution in [1.29, 1.82) is 0 Å². The highest BCUT2D eigenvalue weighted by molar-refractivity contribution is 6.30. The number of carbonyl (C=O) groups excluding carboxylic acids is 7. The van der Waals surface area contributed by atoms with Gasteiger partial charge in [-0.1, -0.05) is 70.0 Å². The molecule has 3 aliphatic rings. The van der Waals surface area contributed by atoms with Crippen LogP contribution < -0.4 is 16.0 Å². The van der Waals surface area contributed by atoms with Crippen LogP contribution in [0.1, 0.15) is 97.6 Å². The number of nitrogens with zero attached hydrogens (tertiary/aromatic N) is 4. The largest absolute Gasteiger partial charge is 0.457 e. The number of halogens is 1. The third-order valence-electron chi connectivity index (χ3n) is 13.1. The van der Waals surface area contributed by atoms with Crippen molar-refractivity contribution < 1.29 is 52.6 Å². The van der Waals surface area contributed by atoms with E-state index in [9.17, 15) is 38.7 Å². The zero-order valence-electron chi connectivity index (χ0n) is 41.5. The molecule has 4 heterocycles. The predicted molar refractivity (Wildman–Crippen MR) is 265 cm³/mol. The fourth-order valence-electron chi connectivity index (χ4n) is 8.70. The van der Waals surface area contributed by atoms with Gasteiger partial charge in [0.1, 0.15) is 30.8 Å². The number of hydrogen-bond acceptors (Lipinski definition) is 11. The number of carbonyl (C=O) groups is 7. The topological polar surface area (TPSA) is 214 Å². The number of rotatable bonds is 17. The summed E-state index contributed by atoms with van der Waals surface area (Å²) in [5.41, 5.74) is 3.13. The summed E-state index contributed by atoms with van der Waals surface area (Å²) in [7, 11) is 2.14. The number of esters is 1. The fourth-order valence-corrected chi connectivity index (χ4v) is 8.88. The Kier molecular flexibility index (Phi) is 20.3. The fraction of sp³-hybridized carbons (Fsp3) is 0.538. The highest BCUT2D eigenvalue weighted by Crippen LogP contribution is 2.27. The Bertz CT molecular complexity index is 2260. The van der Waals surface area contributed by atoms with Gasteiger partial charge < -0.3 is 35.0 Å². The van der Waals surface area contributed by atoms with Crippen LogP contribution in [0.3, 0.4) is 0 Å². The number of amides is 6. The molecule has 6 amide bonds. The molecule has 3 aliphatic heterocycles. The van der Waals surface area contributed by atoms with E-state index >= 15 is 0 Å². The second-order valence-corrected chi connectivity index (χ2v) is 20.1. The van der Waals surface area contributed by atoms with E-state index in [0.29, 0.717) is 86.6 Å². The highest BCUT2D eigenvalue weighted by atomic mass is 35.5. The van der Waals surface area contributed by atoms with Crippen molar-refractivity contribution in [3.63, 3.8) is 0 Å². The Morgan fingerprint density at radius 2 is 1.63 bits per heavy atom. The van der Waals surface area contributed by atoms with Crippen LogP contribution in [0.2, 0.25) is 5.02 Å². The minimum Gasteiger partial charge on any atom is -0.457 e. The molecule has 17 nitrogen and oxygen atoms in total. The molecular weight excluding hydrogens is 918 g/mol. The zero-order chi connectivity index (χ0) is 51.1. The zero-order valence-corrected chi connectivity index (χ0v) is 42.3. The van der Waals surface area contributed by atoms with Crippen molar-refractivity contribution in [2.45, 2.75) is 123 Å². The SMILES string of the molecule is C/C(=C\c1cncc(Cl)c1)[C@@H]1OC(=O)C[C@H](O)CC[C@@H](C)[C@@H](OC(=O)N2CC[N+](C)(Cc3ccc(NC(=O)[C@H](C)NC(=O)[C@@H](NC(=O)CCCCCN4C(=O)C=CC4=O)C(C)C)cc3)CC2)C=C[C@H]1C. The van der Waals surface area contributed by atoms with Crippen molar-refractivity contribution >= 4 is 65.0 Å². The molecule has 2 aromatic rings. The van der Waals surface area contributed by atoms with E-state index in [-0.39, 0.29) is 48.3 Å². The molecule has 1 saturated heterocycles. The molecule has 70 heavy (non-hydrogen) atoms. The quantitative estimate of drug-likeness (QED) is 0.0477. The Labute approximate surface area is 416 Å². The number of anilines is 1. The third-order valence-corrected chi connectivity index (χ3v) is 13.3. The van der Waals surface area contributed by atoms with Gasteiger partial charge >= 0.3 is 12.1 Å². The smallest absolute Gasteiger partial charge is 0.410 e. The number of pyridine rings is 1. The Hall–Kier alpha value is -5.91. The van der Waals surface area contributed by atoms with Crippen molar-refractivity contribution in [1.82, 2.24) is 25.4 Å². The van der Waals surface area contributed by atoms with Crippen molar-refractivity contribution in [3.05, 3.63) is 88.8 Å². The van der Waals surface area contributed by atoms with E-state index in [1.807, 2.05) is 77.1 Å². The van der Waals surface area contributed by atoms with Crippen LogP contribution in [-0.4, -0.2) is 136 Å². The van der Waals surface area contributed by atoms with Crippen LogP contribution in [-0.2, 0) is 44.8 Å². The molecule has 18 heteroatoms. The summed E-state index contributed by atoms with van der Waals surface area (Å²) in [6.07, 6.45) is 11.4. The standard InChI is InChI=1S/C52H70ClN7O10/c1-33(2)48(57-44(62)11-9-8-10-22-59-45(63)20-21-46(59)64)51(67)55-37(6)50(66)56-41-16-14-38(15-17-41)32-60(7)25-23-58(24-26-60)52(68)69-43-19-13-35(4)49(36(5)27-39-28-40(53)31-54-30-39)70-47(65)29-42(61)18-12-34(43)3/h13-17,19-21,27-28,30-31,33-35,37,42-43,48-49,61H,8-12,18,22-26,29,32H2,1-7H3,(H2-,55,56,57,62,66,67)/p+1/b19-13?,36-27+/t34-,35-,37+,42-,43+,48+,49-/m1/s1. The monoisotopic (exact) mass is 988 g/mol. The van der Waals surface area contributed by atoms with Gasteiger partial charge in [0, 0.05) is 54.7 Å². The number of aliphatic hydroxyl groups is 1. The Balaban J connectivity index is 1.08. The molecule has 380 valence electrons. The number of hydrogen-bond donors (Lipinski definition) is 4. The number of piperazine rings is 1. The molecule has 7 atom stereocenters. The minimum atomic E-state index is -0.904. The average molecular weight is 990 g/mol. The predicted octanol–water partition coefficient (Wildman–Crippen LogP) is 5.96. The van der Waals surface area contributed by atoms with Gasteiger partial charge in [-0.25, -0.2) is 4.79 Å². The molecule has 5 rings (SSSR count). The van der Waals surface area contributed by atoms with Gasteiger partial charge in [0.2, 0.25) is 17.7 Å². The van der Waals surface area contributed by atoms with Gasteiger partial charge in [-0.05, 0) is 86.8 Å². The summed E-state index contributed by atoms with van der Waals surface area (Å²) >= 11 is 6.16. The maximum Gasteiger partial charge on any atom is 0.410 e. The van der Waals surface area contributed by atoms with E-state index in [4.69, 9.17) is 21.1 Å². The molecule has 4 N–H and O–H groups in total. The lowest BCUT2D eigenvalue weighted by atomic mass is 9.91. The van der Waals surface area contributed by atoms with Crippen LogP contribution >= 0.6 is 11.6 Å². The lowest BCUT2D eigenvalue weighted by Crippen LogP contribution is -2.58. The lowest BCUT2D eigenvalue weighted by molar-refractivity contribution is -0.926. The number of unbranched alkanes of at least 4 members (excludes halogenated alkanes) is 2. The van der Waals surface area contributed by atoms with Crippen molar-refractivity contribution in [3.8, 4) is 0 Å². The highest BCUT2D eigenvalue weighted by Gasteiger charge is 2.34. The first kappa shape index (κ1) is 55.0. The number of imide groups is 1. The number of ether oxygens (including phenoxy) is 2. The van der Waals surface area contributed by atoms with Crippen molar-refractivity contribution in [2.24, 2.45) is 17.8 Å². The van der Waals surface area contributed by atoms with Gasteiger partial charge in [0.05, 0.1) is 50.8 Å². The van der Waals surface area contributed by atoms with Crippen molar-refractivity contribution in [2.75, 3.05) is 45.1 Å². The second-order valence-electron chi connectivity index (χ2n) is 19.6. The summed E-state index contributed by atoms with van der Waals surface area (Å²) < 4.78 is 12.8. The molecule has 1 aromatic heterocycles. The third kappa shape index (κ3) is 16.6. The summed E-state index contributed by atoms with van der Waals surface area (Å²) in [4.78, 5) is 96.2. The summed E-state index contributed by atoms with van der Waals surface area (Å²) in [5.74, 6) is -3.01. The molecule has 0 unspecified atom stereocenters. The van der Waals surface area contributed by atoms with Gasteiger partial charge in [0.25, 0.3) is 11.8 Å². The van der Waals surface area contributed by atoms with Crippen LogP contribution in [0.4, 0.5) is 10.5 Å². The molecule has 0 aliphatic carbocycles. The number of benzene rings is 1. The molecule has 0 bridgehead atoms. The van der Waals surface area contributed by atoms with Gasteiger partial charge in [-0.2, -0.15) is 0 Å². The number of quaternary nitrogens is 1. The van der Waals surface area contributed by atoms with E-state index in [2.05, 4.69) is 28.0 Å². The number of aliphatic hydroxyl groups excluding tert-OH is 1. The normalized spacial score (nSPS) is 22.9. The first-order valence-corrected chi connectivity index (χ1v) is 24.7. The lowest BCUT2D eigenvalue weighted by Gasteiger charge is -2.42. The van der Waals surface area contributed by atoms with Crippen LogP contribution in [0, 0.1) is 17.8 Å². The molecule has 1 fully saturated rings. The number of nitrogens with one attached hydrogen (secondary N) is 3. The van der Waals surface area contributed by atoms with Gasteiger partial charge in [0.15, 0.2) is 0 Å². The number of cyclic esters (lactones) is 1. The van der Waals surface area contributed by atoms with E-state index in [1.165, 1.54) is 17.1 Å². The minimum absolute atomic E-state index is 0.135. The van der Waals surface area contributed by atoms with Crippen LogP contribution in [0.25, 0.3) is 6.08 Å². The summed E-state index contributed by atoms with van der Waals surface area (Å²) in [6, 6.07) is 7.55. The maximum absolute atomic E-state index is 13.7. The molecule has 1 aromatic carbocycles. The summed E-state index contributed by atoms with van der Waals surface area (Å²) in [5, 5.41) is 19.6. The number of aromatic nitrogens is 1. The van der Waals surface area contributed by atoms with Crippen LogP contribution in [0.5, 0.6) is 0 Å². The van der Waals surface area contributed by atoms with E-state index in [1.54, 1.807) is 30.3 Å². The maximum atomic E-state index is 13.7. The summed E-state index contributed by atoms with van der Waals surface area (Å²) in [6.45, 7) is 14.3. The average Bonchev–Trinajstić information content (AvgIpc) is 3.63. The van der Waals surface area contributed by atoms with Gasteiger partial charge in [-0.3, -0.25) is 43.6 Å². The van der Waals surface area contributed by atoms with E-state index < -0.39 is 54.3 Å². The Morgan fingerprint density at radius 1 is 0.943 bits per heavy atom. The van der Waals surface area contributed by atoms with Crippen LogP contribution in [0.15, 0.2) is 72.6 Å². The molecular formula is C52H71ClN7O10+. The molecule has 0 saturated carbocycles. The van der Waals surface area contributed by atoms with E-state index in [0.717, 1.165) is 16.7 Å². The van der Waals surface area contributed by atoms with Gasteiger partial charge in [-0.15, -0.1) is 0 Å². The number of likely N-dealkylation sites (N-methyl/N-ethyl adjacent to an activating group) is 1. The first-order valence-electron chi connectivity index (χ1n) is 24.4.